The number of piperidine rings is 1. The molecule has 1 atom stereocenters. The highest BCUT2D eigenvalue weighted by atomic mass is 16.3. The van der Waals surface area contributed by atoms with E-state index in [9.17, 15) is 0 Å². The fourth-order valence-electron chi connectivity index (χ4n) is 3.21. The molecule has 0 spiro atoms. The molecule has 0 radical (unpaired) electrons. The number of furan rings is 1. The molecule has 1 saturated heterocycles. The molecule has 3 aromatic heterocycles. The lowest BCUT2D eigenvalue weighted by atomic mass is 9.98. The molecule has 1 aliphatic rings. The molecule has 120 valence electrons. The van der Waals surface area contributed by atoms with Crippen LogP contribution in [0.4, 0.5) is 5.82 Å². The van der Waals surface area contributed by atoms with Gasteiger partial charge in [-0.05, 0) is 30.9 Å². The van der Waals surface area contributed by atoms with Gasteiger partial charge in [0, 0.05) is 32.0 Å². The lowest BCUT2D eigenvalue weighted by Crippen LogP contribution is -2.40. The van der Waals surface area contributed by atoms with Crippen molar-refractivity contribution in [3.63, 3.8) is 0 Å². The minimum atomic E-state index is 0.601. The lowest BCUT2D eigenvalue weighted by Gasteiger charge is -2.33. The van der Waals surface area contributed by atoms with Crippen molar-refractivity contribution >= 4 is 11.5 Å². The highest BCUT2D eigenvalue weighted by Crippen LogP contribution is 2.23. The summed E-state index contributed by atoms with van der Waals surface area (Å²) in [7, 11) is 0. The smallest absolute Gasteiger partial charge is 0.203 e. The molecule has 0 aromatic carbocycles. The van der Waals surface area contributed by atoms with E-state index < -0.39 is 0 Å². The van der Waals surface area contributed by atoms with Gasteiger partial charge in [0.25, 0.3) is 0 Å². The fourth-order valence-corrected chi connectivity index (χ4v) is 3.21. The Kier molecular flexibility index (Phi) is 3.94. The van der Waals surface area contributed by atoms with Crippen molar-refractivity contribution in [2.24, 2.45) is 5.92 Å². The first-order valence-corrected chi connectivity index (χ1v) is 8.02. The third kappa shape index (κ3) is 3.05. The van der Waals surface area contributed by atoms with E-state index in [1.807, 2.05) is 28.9 Å². The van der Waals surface area contributed by atoms with E-state index in [0.29, 0.717) is 5.92 Å². The van der Waals surface area contributed by atoms with Crippen molar-refractivity contribution in [3.05, 3.63) is 42.9 Å². The number of nitrogens with zero attached hydrogens (tertiary/aromatic N) is 5. The molecule has 7 nitrogen and oxygen atoms in total. The maximum atomic E-state index is 5.35. The van der Waals surface area contributed by atoms with Gasteiger partial charge in [0.15, 0.2) is 5.82 Å². The SMILES string of the molecule is c1coc(CNC[C@H]2CCCN(c3nccn4cnnc34)C2)c1. The average Bonchev–Trinajstić information content (AvgIpc) is 3.26. The van der Waals surface area contributed by atoms with Crippen LogP contribution in [-0.4, -0.2) is 39.2 Å². The van der Waals surface area contributed by atoms with E-state index in [4.69, 9.17) is 4.42 Å². The van der Waals surface area contributed by atoms with E-state index in [-0.39, 0.29) is 0 Å². The van der Waals surface area contributed by atoms with Gasteiger partial charge in [-0.3, -0.25) is 4.40 Å². The van der Waals surface area contributed by atoms with Crippen LogP contribution in [0.3, 0.4) is 0 Å². The zero-order valence-corrected chi connectivity index (χ0v) is 12.9. The lowest BCUT2D eigenvalue weighted by molar-refractivity contribution is 0.380. The van der Waals surface area contributed by atoms with E-state index in [0.717, 1.165) is 43.4 Å². The summed E-state index contributed by atoms with van der Waals surface area (Å²) in [6, 6.07) is 3.92. The van der Waals surface area contributed by atoms with Gasteiger partial charge in [0.1, 0.15) is 12.1 Å². The van der Waals surface area contributed by atoms with Crippen LogP contribution in [0.25, 0.3) is 5.65 Å². The zero-order valence-electron chi connectivity index (χ0n) is 12.9. The average molecular weight is 312 g/mol. The first-order valence-electron chi connectivity index (χ1n) is 8.02. The molecule has 23 heavy (non-hydrogen) atoms. The number of nitrogens with one attached hydrogen (secondary N) is 1. The first kappa shape index (κ1) is 14.2. The molecule has 1 fully saturated rings. The number of fused-ring (bicyclic) bond motifs is 1. The van der Waals surface area contributed by atoms with Crippen molar-refractivity contribution in [2.45, 2.75) is 19.4 Å². The standard InChI is InChI=1S/C16H20N6O/c1-3-13(9-17-10-14-4-2-8-23-14)11-21(6-1)15-16-20-19-12-22(16)7-5-18-15/h2,4-5,7-8,12-13,17H,1,3,6,9-11H2/t13-/m1/s1. The van der Waals surface area contributed by atoms with Crippen molar-refractivity contribution in [3.8, 4) is 0 Å². The molecule has 7 heteroatoms. The summed E-state index contributed by atoms with van der Waals surface area (Å²) in [5, 5.41) is 11.7. The summed E-state index contributed by atoms with van der Waals surface area (Å²) >= 11 is 0. The van der Waals surface area contributed by atoms with E-state index in [2.05, 4.69) is 25.4 Å². The van der Waals surface area contributed by atoms with E-state index in [1.54, 1.807) is 12.6 Å². The first-order chi connectivity index (χ1) is 11.4. The monoisotopic (exact) mass is 312 g/mol. The van der Waals surface area contributed by atoms with Gasteiger partial charge in [-0.1, -0.05) is 0 Å². The van der Waals surface area contributed by atoms with Gasteiger partial charge < -0.3 is 14.6 Å². The molecule has 0 amide bonds. The van der Waals surface area contributed by atoms with Crippen LogP contribution in [0, 0.1) is 5.92 Å². The third-order valence-electron chi connectivity index (χ3n) is 4.33. The maximum absolute atomic E-state index is 5.35. The van der Waals surface area contributed by atoms with Crippen LogP contribution in [0.2, 0.25) is 0 Å². The second-order valence-corrected chi connectivity index (χ2v) is 5.98. The largest absolute Gasteiger partial charge is 0.468 e. The Balaban J connectivity index is 1.40. The van der Waals surface area contributed by atoms with Crippen molar-refractivity contribution in [1.29, 1.82) is 0 Å². The van der Waals surface area contributed by atoms with Crippen LogP contribution in [0.1, 0.15) is 18.6 Å². The molecule has 0 bridgehead atoms. The molecule has 1 aliphatic heterocycles. The van der Waals surface area contributed by atoms with Gasteiger partial charge >= 0.3 is 0 Å². The number of anilines is 1. The van der Waals surface area contributed by atoms with Crippen LogP contribution in [0.5, 0.6) is 0 Å². The Bertz CT molecular complexity index is 753. The topological polar surface area (TPSA) is 71.5 Å². The number of rotatable bonds is 5. The Hall–Kier alpha value is -2.41. The molecule has 0 aliphatic carbocycles. The summed E-state index contributed by atoms with van der Waals surface area (Å²) in [5.74, 6) is 2.51. The van der Waals surface area contributed by atoms with Crippen molar-refractivity contribution < 1.29 is 4.42 Å². The number of hydrogen-bond donors (Lipinski definition) is 1. The summed E-state index contributed by atoms with van der Waals surface area (Å²) < 4.78 is 7.27. The highest BCUT2D eigenvalue weighted by molar-refractivity contribution is 5.63. The maximum Gasteiger partial charge on any atom is 0.203 e. The molecule has 4 rings (SSSR count). The summed E-state index contributed by atoms with van der Waals surface area (Å²) in [4.78, 5) is 6.85. The molecule has 0 saturated carbocycles. The van der Waals surface area contributed by atoms with Crippen LogP contribution < -0.4 is 10.2 Å². The predicted molar refractivity (Wildman–Crippen MR) is 86.1 cm³/mol. The fraction of sp³-hybridized carbons (Fsp3) is 0.438. The Morgan fingerprint density at radius 1 is 1.39 bits per heavy atom. The Labute approximate surface area is 134 Å². The quantitative estimate of drug-likeness (QED) is 0.773. The van der Waals surface area contributed by atoms with Gasteiger partial charge in [0.2, 0.25) is 5.65 Å². The van der Waals surface area contributed by atoms with Crippen molar-refractivity contribution in [2.75, 3.05) is 24.5 Å². The van der Waals surface area contributed by atoms with E-state index >= 15 is 0 Å². The van der Waals surface area contributed by atoms with Crippen LogP contribution in [-0.2, 0) is 6.54 Å². The Morgan fingerprint density at radius 3 is 3.30 bits per heavy atom. The normalized spacial score (nSPS) is 18.6. The molecule has 3 aromatic rings. The van der Waals surface area contributed by atoms with Gasteiger partial charge in [0.05, 0.1) is 12.8 Å². The third-order valence-corrected chi connectivity index (χ3v) is 4.33. The van der Waals surface area contributed by atoms with Crippen LogP contribution >= 0.6 is 0 Å². The van der Waals surface area contributed by atoms with Gasteiger partial charge in [-0.15, -0.1) is 10.2 Å². The van der Waals surface area contributed by atoms with Gasteiger partial charge in [-0.2, -0.15) is 0 Å². The van der Waals surface area contributed by atoms with Crippen LogP contribution in [0.15, 0.2) is 41.5 Å². The number of hydrogen-bond acceptors (Lipinski definition) is 6. The molecule has 1 N–H and O–H groups in total. The van der Waals surface area contributed by atoms with Crippen molar-refractivity contribution in [1.82, 2.24) is 24.9 Å². The zero-order chi connectivity index (χ0) is 15.5. The predicted octanol–water partition coefficient (Wildman–Crippen LogP) is 1.72. The summed E-state index contributed by atoms with van der Waals surface area (Å²) in [6.07, 6.45) is 9.52. The summed E-state index contributed by atoms with van der Waals surface area (Å²) in [6.45, 7) is 3.77. The highest BCUT2D eigenvalue weighted by Gasteiger charge is 2.23. The van der Waals surface area contributed by atoms with Gasteiger partial charge in [-0.25, -0.2) is 4.98 Å². The minimum Gasteiger partial charge on any atom is -0.468 e. The molecule has 4 heterocycles. The molecule has 0 unspecified atom stereocenters. The minimum absolute atomic E-state index is 0.601. The molecular formula is C16H20N6O. The second-order valence-electron chi connectivity index (χ2n) is 5.98. The Morgan fingerprint density at radius 2 is 2.39 bits per heavy atom. The number of aromatic nitrogens is 4. The summed E-state index contributed by atoms with van der Waals surface area (Å²) in [5.41, 5.74) is 0.830. The van der Waals surface area contributed by atoms with E-state index in [1.165, 1.54) is 12.8 Å². The second kappa shape index (κ2) is 6.37. The molecular weight excluding hydrogens is 292 g/mol.